The number of aromatic amines is 1. The molecule has 0 radical (unpaired) electrons. The molecule has 8 nitrogen and oxygen atoms in total. The van der Waals surface area contributed by atoms with Gasteiger partial charge < -0.3 is 20.3 Å². The SMILES string of the molecule is CC(C)(c1cn[nH]c1[N+](=O)[O-])C(O)C(=O)O. The zero-order valence-corrected chi connectivity index (χ0v) is 8.67. The lowest BCUT2D eigenvalue weighted by Crippen LogP contribution is -2.40. The number of carboxylic acid groups (broad SMARTS) is 1. The summed E-state index contributed by atoms with van der Waals surface area (Å²) in [6.07, 6.45) is -0.603. The summed E-state index contributed by atoms with van der Waals surface area (Å²) >= 11 is 0. The molecule has 1 aromatic heterocycles. The number of carboxylic acids is 1. The maximum absolute atomic E-state index is 10.7. The highest BCUT2D eigenvalue weighted by Crippen LogP contribution is 2.32. The fraction of sp³-hybridized carbons (Fsp3) is 0.500. The maximum Gasteiger partial charge on any atom is 0.346 e. The van der Waals surface area contributed by atoms with E-state index in [2.05, 4.69) is 10.2 Å². The smallest absolute Gasteiger partial charge is 0.346 e. The van der Waals surface area contributed by atoms with Gasteiger partial charge >= 0.3 is 11.8 Å². The van der Waals surface area contributed by atoms with Crippen LogP contribution in [0.3, 0.4) is 0 Å². The lowest BCUT2D eigenvalue weighted by molar-refractivity contribution is -0.390. The molecule has 1 heterocycles. The van der Waals surface area contributed by atoms with Gasteiger partial charge in [0.15, 0.2) is 6.10 Å². The number of hydrogen-bond acceptors (Lipinski definition) is 5. The molecule has 0 fully saturated rings. The third-order valence-electron chi connectivity index (χ3n) is 2.41. The van der Waals surface area contributed by atoms with Crippen LogP contribution in [-0.4, -0.2) is 37.4 Å². The minimum absolute atomic E-state index is 0.0485. The van der Waals surface area contributed by atoms with Crippen molar-refractivity contribution in [2.45, 2.75) is 25.4 Å². The van der Waals surface area contributed by atoms with Crippen LogP contribution >= 0.6 is 0 Å². The van der Waals surface area contributed by atoms with E-state index in [-0.39, 0.29) is 5.56 Å². The molecular weight excluding hydrogens is 218 g/mol. The molecular formula is C8H11N3O5. The molecule has 88 valence electrons. The Hall–Kier alpha value is -1.96. The largest absolute Gasteiger partial charge is 0.479 e. The number of nitro groups is 1. The van der Waals surface area contributed by atoms with Crippen LogP contribution in [-0.2, 0) is 10.2 Å². The molecule has 0 aliphatic carbocycles. The second-order valence-electron chi connectivity index (χ2n) is 3.85. The van der Waals surface area contributed by atoms with E-state index in [0.717, 1.165) is 6.20 Å². The molecule has 1 unspecified atom stereocenters. The molecule has 1 aromatic rings. The van der Waals surface area contributed by atoms with Crippen LogP contribution in [0.5, 0.6) is 0 Å². The number of carbonyl (C=O) groups is 1. The van der Waals surface area contributed by atoms with Gasteiger partial charge in [0.1, 0.15) is 0 Å². The van der Waals surface area contributed by atoms with Crippen LogP contribution in [0.25, 0.3) is 0 Å². The van der Waals surface area contributed by atoms with Crippen molar-refractivity contribution in [3.05, 3.63) is 21.9 Å². The summed E-state index contributed by atoms with van der Waals surface area (Å²) in [5.74, 6) is -1.86. The van der Waals surface area contributed by atoms with Crippen LogP contribution in [0.4, 0.5) is 5.82 Å². The zero-order valence-electron chi connectivity index (χ0n) is 8.67. The lowest BCUT2D eigenvalue weighted by atomic mass is 9.80. The Labute approximate surface area is 90.1 Å². The monoisotopic (exact) mass is 229 g/mol. The molecule has 0 aromatic carbocycles. The molecule has 8 heteroatoms. The number of aliphatic hydroxyl groups is 1. The van der Waals surface area contributed by atoms with Gasteiger partial charge in [-0.2, -0.15) is 0 Å². The van der Waals surface area contributed by atoms with Crippen LogP contribution < -0.4 is 0 Å². The first-order valence-corrected chi connectivity index (χ1v) is 4.37. The molecule has 0 aliphatic rings. The second-order valence-corrected chi connectivity index (χ2v) is 3.85. The summed E-state index contributed by atoms with van der Waals surface area (Å²) < 4.78 is 0. The maximum atomic E-state index is 10.7. The van der Waals surface area contributed by atoms with Gasteiger partial charge in [0.05, 0.1) is 11.8 Å². The number of H-pyrrole nitrogens is 1. The molecule has 0 amide bonds. The second kappa shape index (κ2) is 3.89. The van der Waals surface area contributed by atoms with E-state index in [1.807, 2.05) is 0 Å². The normalized spacial score (nSPS) is 13.4. The number of aliphatic hydroxyl groups excluding tert-OH is 1. The Kier molecular flexibility index (Phi) is 2.95. The van der Waals surface area contributed by atoms with E-state index < -0.39 is 28.2 Å². The van der Waals surface area contributed by atoms with Gasteiger partial charge in [-0.15, -0.1) is 5.10 Å². The van der Waals surface area contributed by atoms with Crippen LogP contribution in [0.2, 0.25) is 0 Å². The zero-order chi connectivity index (χ0) is 12.5. The van der Waals surface area contributed by atoms with Crippen LogP contribution in [0.1, 0.15) is 19.4 Å². The van der Waals surface area contributed by atoms with Gasteiger partial charge in [0.2, 0.25) is 0 Å². The molecule has 1 rings (SSSR count). The first kappa shape index (κ1) is 12.1. The highest BCUT2D eigenvalue weighted by atomic mass is 16.6. The van der Waals surface area contributed by atoms with Crippen molar-refractivity contribution in [2.75, 3.05) is 0 Å². The summed E-state index contributed by atoms with van der Waals surface area (Å²) in [4.78, 5) is 20.6. The van der Waals surface area contributed by atoms with Crippen molar-refractivity contribution in [1.29, 1.82) is 0 Å². The summed E-state index contributed by atoms with van der Waals surface area (Å²) in [6, 6.07) is 0. The topological polar surface area (TPSA) is 129 Å². The summed E-state index contributed by atoms with van der Waals surface area (Å²) in [6.45, 7) is 2.78. The van der Waals surface area contributed by atoms with Gasteiger partial charge in [-0.05, 0) is 4.92 Å². The Bertz CT molecular complexity index is 425. The van der Waals surface area contributed by atoms with Gasteiger partial charge in [0.25, 0.3) is 0 Å². The van der Waals surface area contributed by atoms with Crippen molar-refractivity contribution in [1.82, 2.24) is 10.2 Å². The minimum atomic E-state index is -1.75. The predicted octanol–water partition coefficient (Wildman–Crippen LogP) is 0.0410. The number of aliphatic carboxylic acids is 1. The van der Waals surface area contributed by atoms with E-state index in [4.69, 9.17) is 5.11 Å². The molecule has 0 saturated heterocycles. The fourth-order valence-electron chi connectivity index (χ4n) is 1.35. The van der Waals surface area contributed by atoms with Crippen molar-refractivity contribution in [3.63, 3.8) is 0 Å². The third-order valence-corrected chi connectivity index (χ3v) is 2.41. The van der Waals surface area contributed by atoms with E-state index in [0.29, 0.717) is 0 Å². The third kappa shape index (κ3) is 1.87. The molecule has 0 aliphatic heterocycles. The molecule has 0 bridgehead atoms. The molecule has 16 heavy (non-hydrogen) atoms. The van der Waals surface area contributed by atoms with Crippen molar-refractivity contribution >= 4 is 11.8 Å². The molecule has 3 N–H and O–H groups in total. The van der Waals surface area contributed by atoms with E-state index in [1.165, 1.54) is 13.8 Å². The average molecular weight is 229 g/mol. The molecule has 0 spiro atoms. The van der Waals surface area contributed by atoms with Crippen LogP contribution in [0, 0.1) is 10.1 Å². The average Bonchev–Trinajstić information content (AvgIpc) is 2.65. The highest BCUT2D eigenvalue weighted by Gasteiger charge is 2.40. The van der Waals surface area contributed by atoms with Crippen molar-refractivity contribution < 1.29 is 19.9 Å². The first-order chi connectivity index (χ1) is 7.28. The van der Waals surface area contributed by atoms with Crippen LogP contribution in [0.15, 0.2) is 6.20 Å². The Morgan fingerprint density at radius 3 is 2.69 bits per heavy atom. The van der Waals surface area contributed by atoms with Gasteiger partial charge in [-0.3, -0.25) is 0 Å². The van der Waals surface area contributed by atoms with Crippen molar-refractivity contribution in [2.24, 2.45) is 0 Å². The fourth-order valence-corrected chi connectivity index (χ4v) is 1.35. The first-order valence-electron chi connectivity index (χ1n) is 4.37. The van der Waals surface area contributed by atoms with Gasteiger partial charge in [-0.1, -0.05) is 18.9 Å². The number of nitrogens with one attached hydrogen (secondary N) is 1. The standard InChI is InChI=1S/C8H11N3O5/c1-8(2,5(12)7(13)14)4-3-9-10-6(4)11(15)16/h3,5,12H,1-2H3,(H,9,10)(H,13,14). The van der Waals surface area contributed by atoms with E-state index in [1.54, 1.807) is 0 Å². The highest BCUT2D eigenvalue weighted by molar-refractivity contribution is 5.74. The summed E-state index contributed by atoms with van der Waals surface area (Å²) in [5, 5.41) is 34.4. The van der Waals surface area contributed by atoms with Crippen molar-refractivity contribution in [3.8, 4) is 0 Å². The predicted molar refractivity (Wildman–Crippen MR) is 51.9 cm³/mol. The summed E-state index contributed by atoms with van der Waals surface area (Å²) in [5.41, 5.74) is -1.26. The Balaban J connectivity index is 3.21. The lowest BCUT2D eigenvalue weighted by Gasteiger charge is -2.25. The number of rotatable bonds is 4. The number of aromatic nitrogens is 2. The van der Waals surface area contributed by atoms with Gasteiger partial charge in [-0.25, -0.2) is 4.79 Å². The Morgan fingerprint density at radius 2 is 2.25 bits per heavy atom. The number of hydrogen-bond donors (Lipinski definition) is 3. The molecule has 0 saturated carbocycles. The van der Waals surface area contributed by atoms with E-state index in [9.17, 15) is 20.0 Å². The summed E-state index contributed by atoms with van der Waals surface area (Å²) in [7, 11) is 0. The molecule has 1 atom stereocenters. The number of nitrogens with zero attached hydrogens (tertiary/aromatic N) is 2. The quantitative estimate of drug-likeness (QED) is 0.493. The minimum Gasteiger partial charge on any atom is -0.479 e. The van der Waals surface area contributed by atoms with E-state index >= 15 is 0 Å². The Morgan fingerprint density at radius 1 is 1.69 bits per heavy atom. The van der Waals surface area contributed by atoms with Gasteiger partial charge in [0, 0.05) is 5.41 Å².